The van der Waals surface area contributed by atoms with E-state index in [1.807, 2.05) is 12.2 Å². The van der Waals surface area contributed by atoms with Gasteiger partial charge >= 0.3 is 6.18 Å². The van der Waals surface area contributed by atoms with Crippen molar-refractivity contribution in [1.29, 1.82) is 0 Å². The Morgan fingerprint density at radius 2 is 1.77 bits per heavy atom. The summed E-state index contributed by atoms with van der Waals surface area (Å²) in [5.41, 5.74) is 0.559. The molecule has 3 aromatic carbocycles. The summed E-state index contributed by atoms with van der Waals surface area (Å²) in [6.45, 7) is 0. The highest BCUT2D eigenvalue weighted by atomic mass is 35.5. The lowest BCUT2D eigenvalue weighted by atomic mass is 9.77. The highest BCUT2D eigenvalue weighted by molar-refractivity contribution is 7.92. The van der Waals surface area contributed by atoms with Crippen LogP contribution < -0.4 is 10.0 Å². The number of halogens is 5. The molecule has 1 aliphatic heterocycles. The Bertz CT molecular complexity index is 1440. The SMILES string of the molecule is O=S(=O)(Nc1ccc(Cl)c(C(F)(F)F)c1)c1ccc2c(c1)[C@H]1C=CC[C@H]1[C@@H](c1ccccc1F)N2. The summed E-state index contributed by atoms with van der Waals surface area (Å²) in [4.78, 5) is -0.0926. The van der Waals surface area contributed by atoms with E-state index in [-0.39, 0.29) is 34.3 Å². The summed E-state index contributed by atoms with van der Waals surface area (Å²) in [6.07, 6.45) is -0.0620. The van der Waals surface area contributed by atoms with Crippen molar-refractivity contribution in [3.63, 3.8) is 0 Å². The molecule has 1 aliphatic carbocycles. The first kappa shape index (κ1) is 23.7. The first-order chi connectivity index (χ1) is 16.5. The zero-order chi connectivity index (χ0) is 25.0. The summed E-state index contributed by atoms with van der Waals surface area (Å²) in [6, 6.07) is 13.6. The molecule has 0 amide bonds. The molecule has 4 nitrogen and oxygen atoms in total. The van der Waals surface area contributed by atoms with Crippen LogP contribution in [-0.4, -0.2) is 8.42 Å². The molecule has 3 atom stereocenters. The third-order valence-electron chi connectivity index (χ3n) is 6.41. The number of rotatable bonds is 4. The second-order valence-corrected chi connectivity index (χ2v) is 10.6. The predicted molar refractivity (Wildman–Crippen MR) is 126 cm³/mol. The van der Waals surface area contributed by atoms with Gasteiger partial charge in [-0.25, -0.2) is 12.8 Å². The number of sulfonamides is 1. The molecule has 0 bridgehead atoms. The van der Waals surface area contributed by atoms with Gasteiger partial charge in [-0.3, -0.25) is 4.72 Å². The van der Waals surface area contributed by atoms with Crippen LogP contribution in [0.15, 0.2) is 77.7 Å². The van der Waals surface area contributed by atoms with Gasteiger partial charge in [-0.1, -0.05) is 42.0 Å². The summed E-state index contributed by atoms with van der Waals surface area (Å²) in [5.74, 6) is -0.474. The quantitative estimate of drug-likeness (QED) is 0.283. The molecule has 0 radical (unpaired) electrons. The van der Waals surface area contributed by atoms with Crippen molar-refractivity contribution < 1.29 is 26.0 Å². The smallest absolute Gasteiger partial charge is 0.378 e. The number of alkyl halides is 3. The molecule has 182 valence electrons. The highest BCUT2D eigenvalue weighted by Crippen LogP contribution is 2.50. The highest BCUT2D eigenvalue weighted by Gasteiger charge is 2.39. The van der Waals surface area contributed by atoms with Crippen LogP contribution in [0, 0.1) is 11.7 Å². The summed E-state index contributed by atoms with van der Waals surface area (Å²) in [7, 11) is -4.20. The number of benzene rings is 3. The molecule has 0 aromatic heterocycles. The first-order valence-electron chi connectivity index (χ1n) is 10.8. The molecule has 0 saturated carbocycles. The summed E-state index contributed by atoms with van der Waals surface area (Å²) < 4.78 is 82.4. The largest absolute Gasteiger partial charge is 0.417 e. The van der Waals surface area contributed by atoms with E-state index >= 15 is 0 Å². The van der Waals surface area contributed by atoms with Crippen LogP contribution in [0.1, 0.15) is 35.1 Å². The van der Waals surface area contributed by atoms with E-state index < -0.39 is 26.8 Å². The minimum absolute atomic E-state index is 0.0177. The van der Waals surface area contributed by atoms with Crippen molar-refractivity contribution >= 4 is 33.0 Å². The second kappa shape index (κ2) is 8.57. The van der Waals surface area contributed by atoms with Gasteiger partial charge in [0.2, 0.25) is 0 Å². The maximum Gasteiger partial charge on any atom is 0.417 e. The van der Waals surface area contributed by atoms with E-state index in [0.717, 1.165) is 11.6 Å². The summed E-state index contributed by atoms with van der Waals surface area (Å²) in [5, 5.41) is 2.83. The predicted octanol–water partition coefficient (Wildman–Crippen LogP) is 7.13. The average Bonchev–Trinajstić information content (AvgIpc) is 3.29. The van der Waals surface area contributed by atoms with E-state index in [1.165, 1.54) is 24.3 Å². The van der Waals surface area contributed by atoms with Gasteiger partial charge in [-0.15, -0.1) is 0 Å². The Kier molecular flexibility index (Phi) is 5.80. The Hall–Kier alpha value is -3.04. The van der Waals surface area contributed by atoms with Gasteiger partial charge in [0.1, 0.15) is 5.82 Å². The first-order valence-corrected chi connectivity index (χ1v) is 12.6. The van der Waals surface area contributed by atoms with Crippen molar-refractivity contribution in [3.05, 3.63) is 100 Å². The van der Waals surface area contributed by atoms with Gasteiger partial charge in [-0.05, 0) is 60.4 Å². The Balaban J connectivity index is 1.48. The van der Waals surface area contributed by atoms with E-state index in [0.29, 0.717) is 23.7 Å². The lowest BCUT2D eigenvalue weighted by Gasteiger charge is -2.37. The van der Waals surface area contributed by atoms with Crippen LogP contribution in [0.2, 0.25) is 5.02 Å². The van der Waals surface area contributed by atoms with Crippen LogP contribution in [-0.2, 0) is 16.2 Å². The zero-order valence-corrected chi connectivity index (χ0v) is 19.6. The molecule has 3 aromatic rings. The molecule has 0 fully saturated rings. The standard InChI is InChI=1S/C25H19ClF4N2O2S/c26-21-10-8-14(12-20(21)25(28,29)30)32-35(33,34)15-9-11-23-19(13-15)16-5-3-6-17(16)24(31-23)18-4-1-2-7-22(18)27/h1-5,7-13,16-17,24,31-32H,6H2/t16-,17+,24-/m0/s1. The van der Waals surface area contributed by atoms with Crippen molar-refractivity contribution in [3.8, 4) is 0 Å². The third kappa shape index (κ3) is 4.38. The van der Waals surface area contributed by atoms with Gasteiger partial charge < -0.3 is 5.32 Å². The molecular formula is C25H19ClF4N2O2S. The zero-order valence-electron chi connectivity index (χ0n) is 18.0. The van der Waals surface area contributed by atoms with Gasteiger partial charge in [-0.2, -0.15) is 13.2 Å². The van der Waals surface area contributed by atoms with E-state index in [1.54, 1.807) is 24.3 Å². The summed E-state index contributed by atoms with van der Waals surface area (Å²) >= 11 is 5.63. The van der Waals surface area contributed by atoms with Crippen LogP contribution in [0.25, 0.3) is 0 Å². The molecule has 35 heavy (non-hydrogen) atoms. The lowest BCUT2D eigenvalue weighted by Crippen LogP contribution is -2.30. The van der Waals surface area contributed by atoms with Crippen LogP contribution in [0.5, 0.6) is 0 Å². The molecule has 0 unspecified atom stereocenters. The Morgan fingerprint density at radius 1 is 1.00 bits per heavy atom. The fourth-order valence-corrected chi connectivity index (χ4v) is 6.10. The molecule has 2 N–H and O–H groups in total. The van der Waals surface area contributed by atoms with Crippen molar-refractivity contribution in [2.45, 2.75) is 29.5 Å². The van der Waals surface area contributed by atoms with Gasteiger partial charge in [0.15, 0.2) is 0 Å². The third-order valence-corrected chi connectivity index (χ3v) is 8.12. The number of hydrogen-bond donors (Lipinski definition) is 2. The van der Waals surface area contributed by atoms with Crippen molar-refractivity contribution in [2.75, 3.05) is 10.0 Å². The van der Waals surface area contributed by atoms with Crippen molar-refractivity contribution in [2.24, 2.45) is 5.92 Å². The lowest BCUT2D eigenvalue weighted by molar-refractivity contribution is -0.137. The van der Waals surface area contributed by atoms with Crippen LogP contribution >= 0.6 is 11.6 Å². The number of allylic oxidation sites excluding steroid dienone is 2. The average molecular weight is 523 g/mol. The maximum absolute atomic E-state index is 14.5. The van der Waals surface area contributed by atoms with Gasteiger partial charge in [0.05, 0.1) is 21.5 Å². The number of hydrogen-bond acceptors (Lipinski definition) is 3. The normalized spacial score (nSPS) is 21.2. The van der Waals surface area contributed by atoms with Gasteiger partial charge in [0.25, 0.3) is 10.0 Å². The van der Waals surface area contributed by atoms with E-state index in [4.69, 9.17) is 11.6 Å². The molecule has 0 spiro atoms. The van der Waals surface area contributed by atoms with E-state index in [9.17, 15) is 26.0 Å². The fraction of sp³-hybridized carbons (Fsp3) is 0.200. The second-order valence-electron chi connectivity index (χ2n) is 8.54. The van der Waals surface area contributed by atoms with Crippen LogP contribution in [0.4, 0.5) is 28.9 Å². The Labute approximate surface area is 204 Å². The number of anilines is 2. The van der Waals surface area contributed by atoms with E-state index in [2.05, 4.69) is 10.0 Å². The fourth-order valence-electron chi connectivity index (χ4n) is 4.79. The van der Waals surface area contributed by atoms with Gasteiger partial charge in [0, 0.05) is 22.9 Å². The monoisotopic (exact) mass is 522 g/mol. The molecule has 1 heterocycles. The number of nitrogens with one attached hydrogen (secondary N) is 2. The molecule has 0 saturated heterocycles. The Morgan fingerprint density at radius 3 is 2.51 bits per heavy atom. The minimum atomic E-state index is -4.73. The molecule has 5 rings (SSSR count). The minimum Gasteiger partial charge on any atom is -0.378 e. The molecule has 10 heteroatoms. The topological polar surface area (TPSA) is 58.2 Å². The number of fused-ring (bicyclic) bond motifs is 3. The maximum atomic E-state index is 14.5. The molecular weight excluding hydrogens is 504 g/mol. The van der Waals surface area contributed by atoms with Crippen LogP contribution in [0.3, 0.4) is 0 Å². The van der Waals surface area contributed by atoms with Crippen molar-refractivity contribution in [1.82, 2.24) is 0 Å². The molecule has 2 aliphatic rings.